The number of nitrogen functional groups attached to an aromatic ring is 1. The van der Waals surface area contributed by atoms with Gasteiger partial charge in [-0.25, -0.2) is 4.39 Å². The smallest absolute Gasteiger partial charge is 0.234 e. The first-order chi connectivity index (χ1) is 9.02. The van der Waals surface area contributed by atoms with Gasteiger partial charge in [-0.2, -0.15) is 0 Å². The maximum Gasteiger partial charge on any atom is 0.234 e. The molecule has 0 aliphatic heterocycles. The zero-order valence-electron chi connectivity index (χ0n) is 11.3. The summed E-state index contributed by atoms with van der Waals surface area (Å²) in [4.78, 5) is 13.3. The van der Waals surface area contributed by atoms with Gasteiger partial charge >= 0.3 is 0 Å². The number of ether oxygens (including phenoxy) is 1. The summed E-state index contributed by atoms with van der Waals surface area (Å²) >= 11 is 0. The van der Waals surface area contributed by atoms with Gasteiger partial charge in [0.1, 0.15) is 5.82 Å². The van der Waals surface area contributed by atoms with Crippen LogP contribution in [0.4, 0.5) is 10.1 Å². The van der Waals surface area contributed by atoms with E-state index in [0.717, 1.165) is 0 Å². The van der Waals surface area contributed by atoms with Gasteiger partial charge in [0.15, 0.2) is 0 Å². The fraction of sp³-hybridized carbons (Fsp3) is 0.462. The van der Waals surface area contributed by atoms with Gasteiger partial charge in [-0.1, -0.05) is 0 Å². The number of hydrogen-bond acceptors (Lipinski definition) is 4. The van der Waals surface area contributed by atoms with Crippen molar-refractivity contribution in [3.05, 3.63) is 29.6 Å². The number of carbonyl (C=O) groups excluding carboxylic acids is 1. The summed E-state index contributed by atoms with van der Waals surface area (Å²) < 4.78 is 17.9. The lowest BCUT2D eigenvalue weighted by Gasteiger charge is -2.17. The van der Waals surface area contributed by atoms with Gasteiger partial charge in [0, 0.05) is 25.9 Å². The largest absolute Gasteiger partial charge is 0.398 e. The topological polar surface area (TPSA) is 67.6 Å². The number of likely N-dealkylation sites (N-methyl/N-ethyl adjacent to an activating group) is 1. The minimum Gasteiger partial charge on any atom is -0.398 e. The monoisotopic (exact) mass is 269 g/mol. The Kier molecular flexibility index (Phi) is 6.24. The van der Waals surface area contributed by atoms with Crippen LogP contribution in [0.5, 0.6) is 0 Å². The number of halogens is 1. The molecular weight excluding hydrogens is 249 g/mol. The summed E-state index contributed by atoms with van der Waals surface area (Å²) in [7, 11) is 3.35. The van der Waals surface area contributed by atoms with Crippen LogP contribution >= 0.6 is 0 Å². The van der Waals surface area contributed by atoms with E-state index in [1.54, 1.807) is 19.1 Å². The molecule has 1 aromatic rings. The number of anilines is 1. The maximum absolute atomic E-state index is 13.1. The fourth-order valence-corrected chi connectivity index (χ4v) is 1.65. The van der Waals surface area contributed by atoms with E-state index in [2.05, 4.69) is 5.32 Å². The van der Waals surface area contributed by atoms with E-state index in [0.29, 0.717) is 30.9 Å². The molecule has 0 spiro atoms. The first-order valence-electron chi connectivity index (χ1n) is 6.01. The van der Waals surface area contributed by atoms with Crippen molar-refractivity contribution < 1.29 is 13.9 Å². The predicted octanol–water partition coefficient (Wildman–Crippen LogP) is 0.602. The van der Waals surface area contributed by atoms with Gasteiger partial charge in [0.25, 0.3) is 0 Å². The zero-order valence-corrected chi connectivity index (χ0v) is 11.3. The Morgan fingerprint density at radius 3 is 2.95 bits per heavy atom. The molecule has 1 aromatic carbocycles. The van der Waals surface area contributed by atoms with Crippen LogP contribution in [0.1, 0.15) is 5.56 Å². The van der Waals surface area contributed by atoms with Crippen molar-refractivity contribution in [1.82, 2.24) is 10.2 Å². The third-order valence-corrected chi connectivity index (χ3v) is 2.59. The summed E-state index contributed by atoms with van der Waals surface area (Å²) in [5.41, 5.74) is 6.95. The molecule has 6 heteroatoms. The number of nitrogens with two attached hydrogens (primary N) is 1. The molecule has 1 amide bonds. The van der Waals surface area contributed by atoms with Gasteiger partial charge in [-0.15, -0.1) is 0 Å². The third kappa shape index (κ3) is 5.67. The Morgan fingerprint density at radius 1 is 1.53 bits per heavy atom. The molecule has 5 nitrogen and oxygen atoms in total. The molecule has 0 aromatic heterocycles. The zero-order chi connectivity index (χ0) is 14.3. The lowest BCUT2D eigenvalue weighted by atomic mass is 10.1. The van der Waals surface area contributed by atoms with Crippen molar-refractivity contribution in [2.24, 2.45) is 0 Å². The summed E-state index contributed by atoms with van der Waals surface area (Å²) in [5, 5.41) is 2.72. The molecule has 0 unspecified atom stereocenters. The number of methoxy groups -OCH3 is 1. The van der Waals surface area contributed by atoms with Crippen molar-refractivity contribution in [3.63, 3.8) is 0 Å². The van der Waals surface area contributed by atoms with Crippen molar-refractivity contribution in [2.75, 3.05) is 39.6 Å². The second kappa shape index (κ2) is 7.70. The van der Waals surface area contributed by atoms with E-state index in [1.807, 2.05) is 0 Å². The Morgan fingerprint density at radius 2 is 2.26 bits per heavy atom. The normalized spacial score (nSPS) is 10.7. The maximum atomic E-state index is 13.1. The molecule has 106 valence electrons. The van der Waals surface area contributed by atoms with Gasteiger partial charge in [-0.3, -0.25) is 9.69 Å². The minimum atomic E-state index is -0.331. The van der Waals surface area contributed by atoms with E-state index in [9.17, 15) is 9.18 Å². The molecular formula is C13H20FN3O2. The molecule has 1 rings (SSSR count). The summed E-state index contributed by atoms with van der Waals surface area (Å²) in [6, 6.07) is 4.22. The molecule has 0 fully saturated rings. The molecule has 0 bridgehead atoms. The van der Waals surface area contributed by atoms with Crippen LogP contribution < -0.4 is 11.1 Å². The predicted molar refractivity (Wildman–Crippen MR) is 72.0 cm³/mol. The highest BCUT2D eigenvalue weighted by Crippen LogP contribution is 2.14. The minimum absolute atomic E-state index is 0.102. The number of benzene rings is 1. The van der Waals surface area contributed by atoms with Crippen molar-refractivity contribution in [1.29, 1.82) is 0 Å². The van der Waals surface area contributed by atoms with Crippen molar-refractivity contribution in [3.8, 4) is 0 Å². The van der Waals surface area contributed by atoms with Gasteiger partial charge in [0.2, 0.25) is 5.91 Å². The molecule has 0 aliphatic carbocycles. The highest BCUT2D eigenvalue weighted by molar-refractivity contribution is 5.77. The van der Waals surface area contributed by atoms with Crippen LogP contribution in [0.3, 0.4) is 0 Å². The summed E-state index contributed by atoms with van der Waals surface area (Å²) in [6.07, 6.45) is 0. The molecule has 0 radical (unpaired) electrons. The second-order valence-electron chi connectivity index (χ2n) is 4.36. The number of carbonyl (C=O) groups is 1. The average molecular weight is 269 g/mol. The number of rotatable bonds is 7. The lowest BCUT2D eigenvalue weighted by molar-refractivity contribution is -0.122. The number of nitrogens with zero attached hydrogens (tertiary/aromatic N) is 1. The summed E-state index contributed by atoms with van der Waals surface area (Å²) in [6.45, 7) is 1.60. The van der Waals surface area contributed by atoms with Gasteiger partial charge in [0.05, 0.1) is 13.2 Å². The highest BCUT2D eigenvalue weighted by Gasteiger charge is 2.09. The van der Waals surface area contributed by atoms with Gasteiger partial charge < -0.3 is 15.8 Å². The van der Waals surface area contributed by atoms with Crippen molar-refractivity contribution in [2.45, 2.75) is 6.54 Å². The standard InChI is InChI=1S/C13H20FN3O2/c1-17(9-13(18)16-5-6-19-2)8-10-7-11(14)3-4-12(10)15/h3-4,7H,5-6,8-9,15H2,1-2H3,(H,16,18). The number of amides is 1. The number of nitrogens with one attached hydrogen (secondary N) is 1. The van der Waals surface area contributed by atoms with Crippen LogP contribution in [0.25, 0.3) is 0 Å². The van der Waals surface area contributed by atoms with E-state index < -0.39 is 0 Å². The molecule has 0 heterocycles. The molecule has 0 saturated heterocycles. The number of hydrogen-bond donors (Lipinski definition) is 2. The lowest BCUT2D eigenvalue weighted by Crippen LogP contribution is -2.36. The summed E-state index contributed by atoms with van der Waals surface area (Å²) in [5.74, 6) is -0.434. The van der Waals surface area contributed by atoms with Crippen LogP contribution in [0, 0.1) is 5.82 Å². The molecule has 19 heavy (non-hydrogen) atoms. The van der Waals surface area contributed by atoms with E-state index in [-0.39, 0.29) is 18.3 Å². The van der Waals surface area contributed by atoms with E-state index in [1.165, 1.54) is 18.2 Å². The van der Waals surface area contributed by atoms with Crippen LogP contribution in [0.15, 0.2) is 18.2 Å². The van der Waals surface area contributed by atoms with Crippen LogP contribution in [-0.4, -0.2) is 44.7 Å². The SMILES string of the molecule is COCCNC(=O)CN(C)Cc1cc(F)ccc1N. The fourth-order valence-electron chi connectivity index (χ4n) is 1.65. The quantitative estimate of drug-likeness (QED) is 0.562. The first kappa shape index (κ1) is 15.4. The Hall–Kier alpha value is -1.66. The van der Waals surface area contributed by atoms with Gasteiger partial charge in [-0.05, 0) is 30.8 Å². The molecule has 3 N–H and O–H groups in total. The molecule has 0 saturated carbocycles. The van der Waals surface area contributed by atoms with E-state index in [4.69, 9.17) is 10.5 Å². The second-order valence-corrected chi connectivity index (χ2v) is 4.36. The Bertz CT molecular complexity index is 426. The molecule has 0 atom stereocenters. The van der Waals surface area contributed by atoms with Crippen LogP contribution in [-0.2, 0) is 16.1 Å². The Labute approximate surface area is 112 Å². The van der Waals surface area contributed by atoms with E-state index >= 15 is 0 Å². The third-order valence-electron chi connectivity index (χ3n) is 2.59. The first-order valence-corrected chi connectivity index (χ1v) is 6.01. The van der Waals surface area contributed by atoms with Crippen molar-refractivity contribution >= 4 is 11.6 Å². The molecule has 0 aliphatic rings. The van der Waals surface area contributed by atoms with Crippen LogP contribution in [0.2, 0.25) is 0 Å². The Balaban J connectivity index is 2.44. The average Bonchev–Trinajstić information content (AvgIpc) is 2.34. The highest BCUT2D eigenvalue weighted by atomic mass is 19.1.